The van der Waals surface area contributed by atoms with Crippen molar-refractivity contribution in [3.63, 3.8) is 0 Å². The minimum absolute atomic E-state index is 0.358. The predicted molar refractivity (Wildman–Crippen MR) is 71.4 cm³/mol. The van der Waals surface area contributed by atoms with Gasteiger partial charge in [0.05, 0.1) is 6.04 Å². The van der Waals surface area contributed by atoms with Crippen LogP contribution in [-0.4, -0.2) is 18.0 Å². The Kier molecular flexibility index (Phi) is 3.92. The molecule has 0 spiro atoms. The molecule has 2 bridgehead atoms. The first kappa shape index (κ1) is 12.7. The van der Waals surface area contributed by atoms with Gasteiger partial charge in [-0.05, 0) is 57.8 Å². The van der Waals surface area contributed by atoms with Crippen molar-refractivity contribution in [1.82, 2.24) is 10.7 Å². The number of hydrogen-bond donors (Lipinski definition) is 3. The number of hydrogen-bond acceptors (Lipinski definition) is 2. The van der Waals surface area contributed by atoms with Gasteiger partial charge in [0.15, 0.2) is 0 Å². The molecule has 2 fully saturated rings. The Morgan fingerprint density at radius 3 is 2.47 bits per heavy atom. The first-order valence-corrected chi connectivity index (χ1v) is 6.91. The molecule has 2 aliphatic rings. The molecule has 4 atom stereocenters. The Labute approximate surface area is 104 Å². The van der Waals surface area contributed by atoms with E-state index in [4.69, 9.17) is 10.8 Å². The lowest BCUT2D eigenvalue weighted by molar-refractivity contribution is 0.293. The number of nitrogens with one attached hydrogen (secondary N) is 2. The minimum atomic E-state index is 0.358. The monoisotopic (exact) mass is 238 g/mol. The molecule has 17 heavy (non-hydrogen) atoms. The molecule has 0 aromatic carbocycles. The average molecular weight is 238 g/mol. The SMILES string of the molecule is CC(C)NC(=NC(C)C1CC2CCC1C2)NN. The maximum atomic E-state index is 5.50. The molecule has 0 amide bonds. The van der Waals surface area contributed by atoms with Gasteiger partial charge in [0.1, 0.15) is 0 Å². The summed E-state index contributed by atoms with van der Waals surface area (Å²) in [6, 6.07) is 0.736. The molecular weight excluding hydrogens is 212 g/mol. The number of hydrazine groups is 1. The lowest BCUT2D eigenvalue weighted by Gasteiger charge is -2.26. The predicted octanol–water partition coefficient (Wildman–Crippen LogP) is 1.63. The summed E-state index contributed by atoms with van der Waals surface area (Å²) < 4.78 is 0. The van der Waals surface area contributed by atoms with Crippen LogP contribution >= 0.6 is 0 Å². The van der Waals surface area contributed by atoms with Crippen molar-refractivity contribution in [2.24, 2.45) is 28.6 Å². The topological polar surface area (TPSA) is 62.4 Å². The molecule has 98 valence electrons. The molecule has 2 aliphatic carbocycles. The highest BCUT2D eigenvalue weighted by atomic mass is 15.3. The van der Waals surface area contributed by atoms with Gasteiger partial charge in [-0.25, -0.2) is 10.8 Å². The molecule has 0 aromatic rings. The zero-order valence-corrected chi connectivity index (χ0v) is 11.2. The molecule has 0 heterocycles. The quantitative estimate of drug-likeness (QED) is 0.303. The summed E-state index contributed by atoms with van der Waals surface area (Å²) in [6.45, 7) is 6.41. The van der Waals surface area contributed by atoms with Gasteiger partial charge in [-0.15, -0.1) is 0 Å². The minimum Gasteiger partial charge on any atom is -0.353 e. The van der Waals surface area contributed by atoms with Crippen LogP contribution in [0, 0.1) is 17.8 Å². The van der Waals surface area contributed by atoms with Gasteiger partial charge in [0.2, 0.25) is 5.96 Å². The average Bonchev–Trinajstić information content (AvgIpc) is 2.88. The number of nitrogens with zero attached hydrogens (tertiary/aromatic N) is 1. The summed E-state index contributed by atoms with van der Waals surface area (Å²) in [5, 5.41) is 3.24. The Hall–Kier alpha value is -0.770. The molecule has 2 rings (SSSR count). The molecule has 4 nitrogen and oxygen atoms in total. The fraction of sp³-hybridized carbons (Fsp3) is 0.923. The third-order valence-electron chi connectivity index (χ3n) is 4.31. The van der Waals surface area contributed by atoms with E-state index >= 15 is 0 Å². The van der Waals surface area contributed by atoms with Crippen LogP contribution in [0.3, 0.4) is 0 Å². The van der Waals surface area contributed by atoms with Crippen molar-refractivity contribution in [3.8, 4) is 0 Å². The van der Waals surface area contributed by atoms with Gasteiger partial charge in [-0.2, -0.15) is 0 Å². The fourth-order valence-corrected chi connectivity index (χ4v) is 3.57. The molecule has 2 saturated carbocycles. The molecule has 4 N–H and O–H groups in total. The van der Waals surface area contributed by atoms with E-state index in [-0.39, 0.29) is 0 Å². The van der Waals surface area contributed by atoms with E-state index < -0.39 is 0 Å². The maximum Gasteiger partial charge on any atom is 0.206 e. The number of guanidine groups is 1. The van der Waals surface area contributed by atoms with Crippen molar-refractivity contribution in [2.75, 3.05) is 0 Å². The van der Waals surface area contributed by atoms with Crippen molar-refractivity contribution in [3.05, 3.63) is 0 Å². The zero-order chi connectivity index (χ0) is 12.4. The highest BCUT2D eigenvalue weighted by Gasteiger charge is 2.41. The van der Waals surface area contributed by atoms with Crippen LogP contribution in [-0.2, 0) is 0 Å². The van der Waals surface area contributed by atoms with Crippen molar-refractivity contribution in [2.45, 2.75) is 58.5 Å². The second-order valence-corrected chi connectivity index (χ2v) is 6.00. The van der Waals surface area contributed by atoms with Crippen molar-refractivity contribution >= 4 is 5.96 Å². The van der Waals surface area contributed by atoms with Crippen LogP contribution < -0.4 is 16.6 Å². The van der Waals surface area contributed by atoms with Gasteiger partial charge in [0.25, 0.3) is 0 Å². The molecule has 4 heteroatoms. The van der Waals surface area contributed by atoms with Crippen molar-refractivity contribution < 1.29 is 0 Å². The van der Waals surface area contributed by atoms with Gasteiger partial charge in [0, 0.05) is 6.04 Å². The number of aliphatic imine (C=N–C) groups is 1. The van der Waals surface area contributed by atoms with E-state index in [0.29, 0.717) is 12.1 Å². The largest absolute Gasteiger partial charge is 0.353 e. The van der Waals surface area contributed by atoms with E-state index in [1.165, 1.54) is 25.7 Å². The van der Waals surface area contributed by atoms with Crippen LogP contribution in [0.15, 0.2) is 4.99 Å². The molecule has 0 aliphatic heterocycles. The molecule has 4 unspecified atom stereocenters. The van der Waals surface area contributed by atoms with Gasteiger partial charge < -0.3 is 5.32 Å². The van der Waals surface area contributed by atoms with Gasteiger partial charge in [-0.3, -0.25) is 5.43 Å². The van der Waals surface area contributed by atoms with E-state index in [1.54, 1.807) is 0 Å². The first-order valence-electron chi connectivity index (χ1n) is 6.91. The number of rotatable bonds is 3. The molecule has 0 aromatic heterocycles. The van der Waals surface area contributed by atoms with Gasteiger partial charge >= 0.3 is 0 Å². The summed E-state index contributed by atoms with van der Waals surface area (Å²) in [7, 11) is 0. The normalized spacial score (nSPS) is 34.2. The highest BCUT2D eigenvalue weighted by molar-refractivity contribution is 5.79. The van der Waals surface area contributed by atoms with Crippen LogP contribution in [0.25, 0.3) is 0 Å². The Morgan fingerprint density at radius 1 is 1.24 bits per heavy atom. The Balaban J connectivity index is 1.94. The smallest absolute Gasteiger partial charge is 0.206 e. The van der Waals surface area contributed by atoms with Crippen LogP contribution in [0.5, 0.6) is 0 Å². The summed E-state index contributed by atoms with van der Waals surface area (Å²) in [5.41, 5.74) is 2.67. The lowest BCUT2D eigenvalue weighted by atomic mass is 9.84. The molecular formula is C13H26N4. The summed E-state index contributed by atoms with van der Waals surface area (Å²) in [4.78, 5) is 4.71. The van der Waals surface area contributed by atoms with Crippen molar-refractivity contribution in [1.29, 1.82) is 0 Å². The third-order valence-corrected chi connectivity index (χ3v) is 4.31. The van der Waals surface area contributed by atoms with E-state index in [9.17, 15) is 0 Å². The van der Waals surface area contributed by atoms with E-state index in [1.807, 2.05) is 0 Å². The Bertz CT molecular complexity index is 287. The molecule has 0 saturated heterocycles. The summed E-state index contributed by atoms with van der Waals surface area (Å²) >= 11 is 0. The van der Waals surface area contributed by atoms with E-state index in [2.05, 4.69) is 31.5 Å². The lowest BCUT2D eigenvalue weighted by Crippen LogP contribution is -2.45. The Morgan fingerprint density at radius 2 is 2.00 bits per heavy atom. The second-order valence-electron chi connectivity index (χ2n) is 6.00. The standard InChI is InChI=1S/C13H26N4/c1-8(2)15-13(17-14)16-9(3)12-7-10-4-5-11(12)6-10/h8-12H,4-7,14H2,1-3H3,(H2,15,16,17). The van der Waals surface area contributed by atoms with Crippen LogP contribution in [0.2, 0.25) is 0 Å². The van der Waals surface area contributed by atoms with Crippen LogP contribution in [0.4, 0.5) is 0 Å². The summed E-state index contributed by atoms with van der Waals surface area (Å²) in [5.74, 6) is 8.90. The van der Waals surface area contributed by atoms with Gasteiger partial charge in [-0.1, -0.05) is 6.42 Å². The number of nitrogens with two attached hydrogens (primary N) is 1. The van der Waals surface area contributed by atoms with E-state index in [0.717, 1.165) is 23.7 Å². The summed E-state index contributed by atoms with van der Waals surface area (Å²) in [6.07, 6.45) is 5.67. The highest BCUT2D eigenvalue weighted by Crippen LogP contribution is 2.49. The third kappa shape index (κ3) is 2.92. The first-order chi connectivity index (χ1) is 8.10. The van der Waals surface area contributed by atoms with Crippen LogP contribution in [0.1, 0.15) is 46.5 Å². The molecule has 0 radical (unpaired) electrons. The zero-order valence-electron chi connectivity index (χ0n) is 11.2. The number of fused-ring (bicyclic) bond motifs is 2. The fourth-order valence-electron chi connectivity index (χ4n) is 3.57. The second kappa shape index (κ2) is 5.25. The maximum absolute atomic E-state index is 5.50.